The fourth-order valence-electron chi connectivity index (χ4n) is 2.53. The fraction of sp³-hybridized carbons (Fsp3) is 0.263. The lowest BCUT2D eigenvalue weighted by Crippen LogP contribution is -2.14. The van der Waals surface area contributed by atoms with Crippen LogP contribution < -0.4 is 14.8 Å². The van der Waals surface area contributed by atoms with Crippen LogP contribution in [0, 0.1) is 6.92 Å². The number of benzene rings is 2. The van der Waals surface area contributed by atoms with Gasteiger partial charge in [0, 0.05) is 6.42 Å². The van der Waals surface area contributed by atoms with Crippen molar-refractivity contribution in [2.75, 3.05) is 19.5 Å². The second-order valence-corrected chi connectivity index (χ2v) is 5.54. The molecule has 0 aliphatic rings. The van der Waals surface area contributed by atoms with Crippen molar-refractivity contribution in [1.29, 1.82) is 0 Å². The van der Waals surface area contributed by atoms with E-state index in [0.29, 0.717) is 6.42 Å². The normalized spacial score (nSPS) is 10.2. The Bertz CT molecular complexity index is 785. The molecule has 0 heterocycles. The Morgan fingerprint density at radius 1 is 1.12 bits per heavy atom. The van der Waals surface area contributed by atoms with Crippen LogP contribution in [-0.2, 0) is 11.2 Å². The number of carboxylic acids is 1. The van der Waals surface area contributed by atoms with Crippen LogP contribution in [0.25, 0.3) is 0 Å². The molecular formula is C19H21NO5. The zero-order valence-corrected chi connectivity index (χ0v) is 14.5. The number of carboxylic acid groups (broad SMARTS) is 1. The highest BCUT2D eigenvalue weighted by molar-refractivity contribution is 5.96. The lowest BCUT2D eigenvalue weighted by molar-refractivity contribution is -0.116. The average molecular weight is 343 g/mol. The quantitative estimate of drug-likeness (QED) is 0.806. The monoisotopic (exact) mass is 343 g/mol. The molecule has 0 fully saturated rings. The van der Waals surface area contributed by atoms with Crippen molar-refractivity contribution in [2.45, 2.75) is 19.8 Å². The van der Waals surface area contributed by atoms with Gasteiger partial charge in [0.05, 0.1) is 25.5 Å². The van der Waals surface area contributed by atoms with Gasteiger partial charge in [-0.15, -0.1) is 0 Å². The molecule has 0 aliphatic carbocycles. The van der Waals surface area contributed by atoms with E-state index in [-0.39, 0.29) is 35.1 Å². The minimum atomic E-state index is -1.11. The number of anilines is 1. The maximum atomic E-state index is 12.3. The second-order valence-electron chi connectivity index (χ2n) is 5.54. The zero-order valence-electron chi connectivity index (χ0n) is 14.5. The lowest BCUT2D eigenvalue weighted by atomic mass is 10.0. The van der Waals surface area contributed by atoms with Gasteiger partial charge in [0.2, 0.25) is 5.91 Å². The van der Waals surface area contributed by atoms with Crippen LogP contribution in [0.3, 0.4) is 0 Å². The van der Waals surface area contributed by atoms with E-state index in [4.69, 9.17) is 9.47 Å². The van der Waals surface area contributed by atoms with Crippen LogP contribution in [-0.4, -0.2) is 31.2 Å². The molecule has 1 amide bonds. The highest BCUT2D eigenvalue weighted by atomic mass is 16.5. The van der Waals surface area contributed by atoms with Gasteiger partial charge in [0.15, 0.2) is 11.5 Å². The topological polar surface area (TPSA) is 84.9 Å². The summed E-state index contributed by atoms with van der Waals surface area (Å²) in [5.74, 6) is -0.809. The first-order valence-corrected chi connectivity index (χ1v) is 7.80. The van der Waals surface area contributed by atoms with Crippen molar-refractivity contribution < 1.29 is 24.2 Å². The SMILES string of the molecule is COc1cc(C(=O)O)cc(NC(=O)CCc2ccccc2C)c1OC. The van der Waals surface area contributed by atoms with Crippen molar-refractivity contribution in [2.24, 2.45) is 0 Å². The molecule has 132 valence electrons. The third-order valence-corrected chi connectivity index (χ3v) is 3.88. The number of ether oxygens (including phenoxy) is 2. The number of methoxy groups -OCH3 is 2. The third-order valence-electron chi connectivity index (χ3n) is 3.88. The van der Waals surface area contributed by atoms with Gasteiger partial charge in [-0.05, 0) is 36.6 Å². The smallest absolute Gasteiger partial charge is 0.335 e. The molecule has 0 bridgehead atoms. The Morgan fingerprint density at radius 3 is 2.44 bits per heavy atom. The molecule has 6 heteroatoms. The molecule has 0 saturated carbocycles. The minimum absolute atomic E-state index is 0.00635. The van der Waals surface area contributed by atoms with Gasteiger partial charge in [0.1, 0.15) is 0 Å². The number of hydrogen-bond acceptors (Lipinski definition) is 4. The summed E-state index contributed by atoms with van der Waals surface area (Å²) in [5.41, 5.74) is 2.50. The largest absolute Gasteiger partial charge is 0.493 e. The molecule has 2 aromatic rings. The molecular weight excluding hydrogens is 322 g/mol. The number of nitrogens with one attached hydrogen (secondary N) is 1. The van der Waals surface area contributed by atoms with Gasteiger partial charge in [-0.2, -0.15) is 0 Å². The molecule has 6 nitrogen and oxygen atoms in total. The summed E-state index contributed by atoms with van der Waals surface area (Å²) in [6.07, 6.45) is 0.865. The molecule has 0 unspecified atom stereocenters. The Hall–Kier alpha value is -3.02. The second kappa shape index (κ2) is 8.19. The summed E-state index contributed by atoms with van der Waals surface area (Å²) in [4.78, 5) is 23.5. The van der Waals surface area contributed by atoms with E-state index in [0.717, 1.165) is 11.1 Å². The number of aryl methyl sites for hydroxylation is 2. The average Bonchev–Trinajstić information content (AvgIpc) is 2.60. The molecule has 2 aromatic carbocycles. The molecule has 0 saturated heterocycles. The van der Waals surface area contributed by atoms with Crippen molar-refractivity contribution in [3.8, 4) is 11.5 Å². The van der Waals surface area contributed by atoms with Gasteiger partial charge >= 0.3 is 5.97 Å². The van der Waals surface area contributed by atoms with Crippen molar-refractivity contribution >= 4 is 17.6 Å². The number of aromatic carboxylic acids is 1. The maximum Gasteiger partial charge on any atom is 0.335 e. The van der Waals surface area contributed by atoms with Gasteiger partial charge in [-0.1, -0.05) is 24.3 Å². The first-order valence-electron chi connectivity index (χ1n) is 7.80. The van der Waals surface area contributed by atoms with E-state index < -0.39 is 5.97 Å². The van der Waals surface area contributed by atoms with E-state index in [1.54, 1.807) is 0 Å². The van der Waals surface area contributed by atoms with Crippen molar-refractivity contribution in [1.82, 2.24) is 0 Å². The third kappa shape index (κ3) is 4.50. The zero-order chi connectivity index (χ0) is 18.4. The Morgan fingerprint density at radius 2 is 1.84 bits per heavy atom. The minimum Gasteiger partial charge on any atom is -0.493 e. The van der Waals surface area contributed by atoms with Gasteiger partial charge in [0.25, 0.3) is 0 Å². The molecule has 0 radical (unpaired) electrons. The molecule has 0 aromatic heterocycles. The molecule has 0 spiro atoms. The standard InChI is InChI=1S/C19H21NO5/c1-12-6-4-5-7-13(12)8-9-17(21)20-15-10-14(19(22)23)11-16(24-2)18(15)25-3/h4-7,10-11H,8-9H2,1-3H3,(H,20,21)(H,22,23). The van der Waals surface area contributed by atoms with Gasteiger partial charge < -0.3 is 19.9 Å². The summed E-state index contributed by atoms with van der Waals surface area (Å²) in [6, 6.07) is 10.6. The van der Waals surface area contributed by atoms with Crippen molar-refractivity contribution in [3.63, 3.8) is 0 Å². The van der Waals surface area contributed by atoms with Gasteiger partial charge in [-0.3, -0.25) is 4.79 Å². The fourth-order valence-corrected chi connectivity index (χ4v) is 2.53. The van der Waals surface area contributed by atoms with Crippen LogP contribution in [0.15, 0.2) is 36.4 Å². The van der Waals surface area contributed by atoms with Crippen LogP contribution in [0.5, 0.6) is 11.5 Å². The molecule has 0 aliphatic heterocycles. The summed E-state index contributed by atoms with van der Waals surface area (Å²) in [6.45, 7) is 2.00. The maximum absolute atomic E-state index is 12.3. The first kappa shape index (κ1) is 18.3. The van der Waals surface area contributed by atoms with Gasteiger partial charge in [-0.25, -0.2) is 4.79 Å². The predicted octanol–water partition coefficient (Wildman–Crippen LogP) is 3.28. The van der Waals surface area contributed by atoms with E-state index >= 15 is 0 Å². The highest BCUT2D eigenvalue weighted by Gasteiger charge is 2.17. The summed E-state index contributed by atoms with van der Waals surface area (Å²) in [7, 11) is 2.84. The predicted molar refractivity (Wildman–Crippen MR) is 94.6 cm³/mol. The lowest BCUT2D eigenvalue weighted by Gasteiger charge is -2.15. The van der Waals surface area contributed by atoms with Crippen LogP contribution in [0.1, 0.15) is 27.9 Å². The number of hydrogen-bond donors (Lipinski definition) is 2. The summed E-state index contributed by atoms with van der Waals surface area (Å²) < 4.78 is 10.4. The van der Waals surface area contributed by atoms with E-state index in [9.17, 15) is 14.7 Å². The van der Waals surface area contributed by atoms with Crippen LogP contribution in [0.4, 0.5) is 5.69 Å². The van der Waals surface area contributed by atoms with Crippen LogP contribution in [0.2, 0.25) is 0 Å². The summed E-state index contributed by atoms with van der Waals surface area (Å²) in [5, 5.41) is 11.9. The van der Waals surface area contributed by atoms with E-state index in [1.807, 2.05) is 31.2 Å². The highest BCUT2D eigenvalue weighted by Crippen LogP contribution is 2.36. The molecule has 2 rings (SSSR count). The van der Waals surface area contributed by atoms with E-state index in [2.05, 4.69) is 5.32 Å². The van der Waals surface area contributed by atoms with E-state index in [1.165, 1.54) is 26.4 Å². The molecule has 2 N–H and O–H groups in total. The Balaban J connectivity index is 2.17. The number of carbonyl (C=O) groups excluding carboxylic acids is 1. The summed E-state index contributed by atoms with van der Waals surface area (Å²) >= 11 is 0. The number of amides is 1. The molecule has 25 heavy (non-hydrogen) atoms. The van der Waals surface area contributed by atoms with Crippen LogP contribution >= 0.6 is 0 Å². The Kier molecular flexibility index (Phi) is 6.00. The van der Waals surface area contributed by atoms with Crippen molar-refractivity contribution in [3.05, 3.63) is 53.1 Å². The first-order chi connectivity index (χ1) is 12.0. The number of rotatable bonds is 7. The Labute approximate surface area is 146 Å². The number of carbonyl (C=O) groups is 2. The molecule has 0 atom stereocenters.